The fraction of sp³-hybridized carbons (Fsp3) is 0.560. The first-order chi connectivity index (χ1) is 14.7. The maximum atomic E-state index is 6.28. The topological polar surface area (TPSA) is 109 Å². The Morgan fingerprint density at radius 2 is 1.39 bits per heavy atom. The largest absolute Gasteiger partial charge is 0.488 e. The van der Waals surface area contributed by atoms with Crippen LogP contribution in [0.4, 0.5) is 11.6 Å². The van der Waals surface area contributed by atoms with Crippen molar-refractivity contribution in [1.29, 1.82) is 5.41 Å². The van der Waals surface area contributed by atoms with Crippen LogP contribution in [0.3, 0.4) is 0 Å². The predicted molar refractivity (Wildman–Crippen MR) is 150 cm³/mol. The highest BCUT2D eigenvalue weighted by atomic mass is 16.5. The van der Waals surface area contributed by atoms with Gasteiger partial charge in [-0.1, -0.05) is 62.5 Å². The first-order valence-electron chi connectivity index (χ1n) is 11.0. The summed E-state index contributed by atoms with van der Waals surface area (Å²) >= 11 is 0. The second kappa shape index (κ2) is 29.2. The molecule has 0 saturated heterocycles. The van der Waals surface area contributed by atoms with E-state index in [4.69, 9.17) is 15.9 Å². The van der Waals surface area contributed by atoms with Gasteiger partial charge in [0.05, 0.1) is 12.4 Å². The van der Waals surface area contributed by atoms with Crippen molar-refractivity contribution in [1.82, 2.24) is 9.97 Å². The van der Waals surface area contributed by atoms with Crippen LogP contribution in [-0.2, 0) is 6.42 Å². The zero-order chi connectivity index (χ0) is 23.2. The highest BCUT2D eigenvalue weighted by molar-refractivity contribution is 5.75. The molecule has 189 valence electrons. The monoisotopic (exact) mass is 461 g/mol. The second-order valence-electron chi connectivity index (χ2n) is 5.35. The van der Waals surface area contributed by atoms with E-state index in [2.05, 4.69) is 26.7 Å². The van der Waals surface area contributed by atoms with E-state index in [0.29, 0.717) is 0 Å². The third-order valence-corrected chi connectivity index (χ3v) is 3.23. The number of hydrogen-bond donors (Lipinski definition) is 4. The highest BCUT2D eigenvalue weighted by Gasteiger charge is 2.07. The van der Waals surface area contributed by atoms with E-state index in [0.717, 1.165) is 37.1 Å². The van der Waals surface area contributed by atoms with Crippen molar-refractivity contribution in [2.45, 2.75) is 76.2 Å². The third-order valence-electron chi connectivity index (χ3n) is 3.23. The quantitative estimate of drug-likeness (QED) is 0.210. The molecule has 0 aromatic carbocycles. The van der Waals surface area contributed by atoms with Crippen LogP contribution < -0.4 is 21.1 Å². The van der Waals surface area contributed by atoms with Crippen molar-refractivity contribution in [3.05, 3.63) is 42.2 Å². The van der Waals surface area contributed by atoms with Crippen LogP contribution in [0.1, 0.15) is 75.3 Å². The minimum atomic E-state index is 0. The molecule has 5 N–H and O–H groups in total. The van der Waals surface area contributed by atoms with Gasteiger partial charge in [0.2, 0.25) is 0 Å². The van der Waals surface area contributed by atoms with Gasteiger partial charge in [0.15, 0.2) is 11.6 Å². The molecule has 7 nitrogen and oxygen atoms in total. The molecule has 0 bridgehead atoms. The Kier molecular flexibility index (Phi) is 35.9. The van der Waals surface area contributed by atoms with E-state index in [1.54, 1.807) is 6.20 Å². The number of pyridine rings is 2. The van der Waals surface area contributed by atoms with Crippen molar-refractivity contribution >= 4 is 25.9 Å². The lowest BCUT2D eigenvalue weighted by Gasteiger charge is -2.16. The van der Waals surface area contributed by atoms with Gasteiger partial charge in [0.1, 0.15) is 12.4 Å². The summed E-state index contributed by atoms with van der Waals surface area (Å²) in [6, 6.07) is 7.90. The maximum Gasteiger partial charge on any atom is 0.168 e. The number of ether oxygens (including phenoxy) is 1. The molecule has 4 heterocycles. The number of amidine groups is 1. The summed E-state index contributed by atoms with van der Waals surface area (Å²) in [7, 11) is 0. The fourth-order valence-corrected chi connectivity index (χ4v) is 2.26. The van der Waals surface area contributed by atoms with Crippen molar-refractivity contribution in [3.8, 4) is 5.75 Å². The van der Waals surface area contributed by atoms with Gasteiger partial charge in [-0.15, -0.1) is 0 Å². The standard InChI is InChI=1S/C8H10N2.C7H8N2O.C2H6N2.3C2H6.2CH4.B/c1-3-7-4-2-6-10-8(7)9-5-1;1-2-6-7(8-3-1)9-4-5-10-6;1-2(3)4;3*1-2;;;/h1,3,5H,2,4,6H2,(H,9,10);1-3H,4-5H2,(H,8,9);1H3,(H3,3,4);3*1-2H3;2*1H4;. The Hall–Kier alpha value is -2.77. The molecule has 0 spiro atoms. The molecule has 33 heavy (non-hydrogen) atoms. The Bertz CT molecular complexity index is 565. The van der Waals surface area contributed by atoms with E-state index >= 15 is 0 Å². The van der Waals surface area contributed by atoms with Crippen LogP contribution in [0.2, 0.25) is 0 Å². The second-order valence-corrected chi connectivity index (χ2v) is 5.35. The minimum absolute atomic E-state index is 0. The predicted octanol–water partition coefficient (Wildman–Crippen LogP) is 6.24. The van der Waals surface area contributed by atoms with E-state index in [1.807, 2.05) is 65.9 Å². The number of nitrogens with zero attached hydrogens (tertiary/aromatic N) is 2. The summed E-state index contributed by atoms with van der Waals surface area (Å²) in [5.74, 6) is 2.95. The molecule has 0 saturated carbocycles. The highest BCUT2D eigenvalue weighted by Crippen LogP contribution is 2.22. The zero-order valence-electron chi connectivity index (χ0n) is 20.5. The number of aromatic nitrogens is 2. The van der Waals surface area contributed by atoms with Crippen molar-refractivity contribution < 1.29 is 4.74 Å². The van der Waals surface area contributed by atoms with Gasteiger partial charge in [-0.25, -0.2) is 9.97 Å². The average molecular weight is 462 g/mol. The molecule has 8 heteroatoms. The molecule has 2 aromatic rings. The van der Waals surface area contributed by atoms with Crippen LogP contribution in [-0.4, -0.2) is 43.9 Å². The molecule has 0 aliphatic carbocycles. The lowest BCUT2D eigenvalue weighted by Crippen LogP contribution is -2.18. The Morgan fingerprint density at radius 3 is 1.91 bits per heavy atom. The molecular formula is C25H50BN6O. The van der Waals surface area contributed by atoms with Gasteiger partial charge < -0.3 is 21.1 Å². The number of fused-ring (bicyclic) bond motifs is 2. The number of rotatable bonds is 0. The maximum absolute atomic E-state index is 6.28. The number of hydrogen-bond acceptors (Lipinski definition) is 6. The summed E-state index contributed by atoms with van der Waals surface area (Å²) in [6.07, 6.45) is 5.99. The minimum Gasteiger partial charge on any atom is -0.488 e. The zero-order valence-corrected chi connectivity index (χ0v) is 20.5. The normalized spacial score (nSPS) is 10.5. The summed E-state index contributed by atoms with van der Waals surface area (Å²) in [5, 5.41) is 12.7. The van der Waals surface area contributed by atoms with Crippen LogP contribution in [0, 0.1) is 5.41 Å². The molecule has 0 amide bonds. The Balaban J connectivity index is -0.000000108. The summed E-state index contributed by atoms with van der Waals surface area (Å²) < 4.78 is 5.30. The van der Waals surface area contributed by atoms with Gasteiger partial charge in [-0.05, 0) is 43.5 Å². The molecule has 4 rings (SSSR count). The molecule has 0 fully saturated rings. The number of nitrogens with one attached hydrogen (secondary N) is 3. The van der Waals surface area contributed by atoms with Crippen LogP contribution >= 0.6 is 0 Å². The smallest absolute Gasteiger partial charge is 0.168 e. The lowest BCUT2D eigenvalue weighted by molar-refractivity contribution is 0.321. The number of nitrogens with two attached hydrogens (primary N) is 1. The van der Waals surface area contributed by atoms with Crippen LogP contribution in [0.5, 0.6) is 5.75 Å². The van der Waals surface area contributed by atoms with Gasteiger partial charge in [0.25, 0.3) is 0 Å². The number of aryl methyl sites for hydroxylation is 1. The van der Waals surface area contributed by atoms with Gasteiger partial charge in [-0.3, -0.25) is 5.41 Å². The van der Waals surface area contributed by atoms with E-state index in [9.17, 15) is 0 Å². The molecule has 2 aromatic heterocycles. The van der Waals surface area contributed by atoms with Crippen molar-refractivity contribution in [3.63, 3.8) is 0 Å². The molecule has 0 unspecified atom stereocenters. The van der Waals surface area contributed by atoms with Crippen molar-refractivity contribution in [2.75, 3.05) is 30.3 Å². The molecule has 2 aliphatic heterocycles. The molecule has 0 atom stereocenters. The Labute approximate surface area is 206 Å². The SMILES string of the molecule is C.C.CC.CC.CC.CC(=N)N.[B].c1cnc2c(c1)CCCN2.c1cnc2c(c1)OCCN2. The average Bonchev–Trinajstić information content (AvgIpc) is 2.83. The van der Waals surface area contributed by atoms with E-state index in [1.165, 1.54) is 25.3 Å². The van der Waals surface area contributed by atoms with Gasteiger partial charge in [-0.2, -0.15) is 0 Å². The Morgan fingerprint density at radius 1 is 0.909 bits per heavy atom. The molecular weight excluding hydrogens is 411 g/mol. The van der Waals surface area contributed by atoms with Crippen molar-refractivity contribution in [2.24, 2.45) is 5.73 Å². The van der Waals surface area contributed by atoms with Crippen LogP contribution in [0.15, 0.2) is 36.7 Å². The van der Waals surface area contributed by atoms with E-state index < -0.39 is 0 Å². The third kappa shape index (κ3) is 19.6. The number of anilines is 2. The van der Waals surface area contributed by atoms with Gasteiger partial charge in [0, 0.05) is 27.4 Å². The molecule has 3 radical (unpaired) electrons. The lowest BCUT2D eigenvalue weighted by atomic mass is 10.1. The van der Waals surface area contributed by atoms with E-state index in [-0.39, 0.29) is 29.1 Å². The van der Waals surface area contributed by atoms with Crippen LogP contribution in [0.25, 0.3) is 0 Å². The fourth-order valence-electron chi connectivity index (χ4n) is 2.26. The van der Waals surface area contributed by atoms with Gasteiger partial charge >= 0.3 is 0 Å². The summed E-state index contributed by atoms with van der Waals surface area (Å²) in [5.41, 5.74) is 6.05. The molecule has 2 aliphatic rings. The first-order valence-corrected chi connectivity index (χ1v) is 11.0. The summed E-state index contributed by atoms with van der Waals surface area (Å²) in [4.78, 5) is 8.29. The summed E-state index contributed by atoms with van der Waals surface area (Å²) in [6.45, 7) is 16.2. The first kappa shape index (κ1) is 40.6.